The molecular formula is C13H18N4O3S. The Kier molecular flexibility index (Phi) is 4.69. The first kappa shape index (κ1) is 15.6. The molecule has 1 atom stereocenters. The van der Waals surface area contributed by atoms with E-state index in [0.717, 1.165) is 18.6 Å². The van der Waals surface area contributed by atoms with Gasteiger partial charge in [0, 0.05) is 23.0 Å². The molecule has 1 saturated heterocycles. The maximum Gasteiger partial charge on any atom is 0.282 e. The highest BCUT2D eigenvalue weighted by molar-refractivity contribution is 8.00. The zero-order chi connectivity index (χ0) is 15.5. The van der Waals surface area contributed by atoms with Crippen molar-refractivity contribution in [2.45, 2.75) is 24.5 Å². The van der Waals surface area contributed by atoms with Crippen LogP contribution in [0.25, 0.3) is 0 Å². The number of rotatable bonds is 5. The van der Waals surface area contributed by atoms with Gasteiger partial charge in [0.2, 0.25) is 0 Å². The summed E-state index contributed by atoms with van der Waals surface area (Å²) in [7, 11) is 0. The third kappa shape index (κ3) is 3.64. The summed E-state index contributed by atoms with van der Waals surface area (Å²) in [6.45, 7) is 2.59. The minimum Gasteiger partial charge on any atom is -0.350 e. The summed E-state index contributed by atoms with van der Waals surface area (Å²) < 4.78 is 0.00810. The summed E-state index contributed by atoms with van der Waals surface area (Å²) in [6, 6.07) is 4.12. The van der Waals surface area contributed by atoms with Crippen molar-refractivity contribution < 1.29 is 9.72 Å². The number of nitro benzene ring substituents is 1. The van der Waals surface area contributed by atoms with Crippen LogP contribution in [0.15, 0.2) is 18.2 Å². The van der Waals surface area contributed by atoms with Gasteiger partial charge in [0.1, 0.15) is 5.56 Å². The summed E-state index contributed by atoms with van der Waals surface area (Å²) in [6.07, 6.45) is 2.16. The Labute approximate surface area is 126 Å². The van der Waals surface area contributed by atoms with Gasteiger partial charge >= 0.3 is 0 Å². The average Bonchev–Trinajstić information content (AvgIpc) is 2.91. The van der Waals surface area contributed by atoms with E-state index in [1.54, 1.807) is 0 Å². The number of carbonyl (C=O) groups is 1. The molecule has 1 heterocycles. The Bertz CT molecular complexity index is 558. The Balaban J connectivity index is 2.15. The maximum absolute atomic E-state index is 12.2. The number of amides is 1. The van der Waals surface area contributed by atoms with E-state index in [0.29, 0.717) is 12.2 Å². The van der Waals surface area contributed by atoms with Gasteiger partial charge in [0.05, 0.1) is 4.92 Å². The van der Waals surface area contributed by atoms with E-state index in [4.69, 9.17) is 5.84 Å². The number of hydrogen-bond acceptors (Lipinski definition) is 6. The topological polar surface area (TPSA) is 110 Å². The van der Waals surface area contributed by atoms with Crippen molar-refractivity contribution >= 4 is 29.0 Å². The van der Waals surface area contributed by atoms with E-state index in [-0.39, 0.29) is 16.0 Å². The second-order valence-corrected chi connectivity index (χ2v) is 6.90. The molecule has 0 saturated carbocycles. The van der Waals surface area contributed by atoms with E-state index in [1.165, 1.54) is 18.2 Å². The highest BCUT2D eigenvalue weighted by atomic mass is 32.2. The highest BCUT2D eigenvalue weighted by Gasteiger charge is 2.30. The quantitative estimate of drug-likeness (QED) is 0.435. The second-order valence-electron chi connectivity index (χ2n) is 5.22. The van der Waals surface area contributed by atoms with E-state index in [1.807, 2.05) is 11.8 Å². The number of anilines is 1. The molecule has 0 radical (unpaired) electrons. The fraction of sp³-hybridized carbons (Fsp3) is 0.462. The monoisotopic (exact) mass is 310 g/mol. The van der Waals surface area contributed by atoms with Crippen molar-refractivity contribution in [3.63, 3.8) is 0 Å². The largest absolute Gasteiger partial charge is 0.350 e. The Morgan fingerprint density at radius 3 is 2.90 bits per heavy atom. The van der Waals surface area contributed by atoms with E-state index in [9.17, 15) is 14.9 Å². The summed E-state index contributed by atoms with van der Waals surface area (Å²) in [5.74, 6) is 5.92. The standard InChI is InChI=1S/C13H18N4O3S/c1-13(5-2-6-21-13)8-15-12(18)10-7-9(16-14)3-4-11(10)17(19)20/h3-4,7,16H,2,5-6,8,14H2,1H3,(H,15,18). The Morgan fingerprint density at radius 1 is 1.57 bits per heavy atom. The minimum atomic E-state index is -0.568. The number of carbonyl (C=O) groups excluding carboxylic acids is 1. The van der Waals surface area contributed by atoms with Crippen LogP contribution in [-0.4, -0.2) is 27.9 Å². The van der Waals surface area contributed by atoms with Crippen LogP contribution >= 0.6 is 11.8 Å². The predicted molar refractivity (Wildman–Crippen MR) is 83.3 cm³/mol. The fourth-order valence-electron chi connectivity index (χ4n) is 2.31. The molecule has 1 unspecified atom stereocenters. The van der Waals surface area contributed by atoms with Crippen LogP contribution in [0.2, 0.25) is 0 Å². The number of nitrogens with zero attached hydrogens (tertiary/aromatic N) is 1. The van der Waals surface area contributed by atoms with Gasteiger partial charge in [-0.15, -0.1) is 0 Å². The predicted octanol–water partition coefficient (Wildman–Crippen LogP) is 1.90. The number of nitrogen functional groups attached to an aromatic ring is 1. The second kappa shape index (κ2) is 6.31. The van der Waals surface area contributed by atoms with E-state index >= 15 is 0 Å². The Morgan fingerprint density at radius 2 is 2.33 bits per heavy atom. The number of benzene rings is 1. The molecule has 21 heavy (non-hydrogen) atoms. The molecule has 1 fully saturated rings. The molecule has 8 heteroatoms. The molecule has 7 nitrogen and oxygen atoms in total. The molecule has 1 aromatic rings. The van der Waals surface area contributed by atoms with Crippen molar-refractivity contribution in [3.05, 3.63) is 33.9 Å². The van der Waals surface area contributed by atoms with Gasteiger partial charge in [-0.2, -0.15) is 11.8 Å². The molecule has 0 spiro atoms. The molecule has 1 amide bonds. The van der Waals surface area contributed by atoms with Gasteiger partial charge in [0.15, 0.2) is 0 Å². The van der Waals surface area contributed by atoms with Gasteiger partial charge in [-0.3, -0.25) is 20.8 Å². The number of nitrogens with two attached hydrogens (primary N) is 1. The number of nitrogens with one attached hydrogen (secondary N) is 2. The summed E-state index contributed by atoms with van der Waals surface area (Å²) in [4.78, 5) is 22.7. The molecule has 2 rings (SSSR count). The van der Waals surface area contributed by atoms with Gasteiger partial charge in [-0.05, 0) is 37.7 Å². The zero-order valence-corrected chi connectivity index (χ0v) is 12.5. The highest BCUT2D eigenvalue weighted by Crippen LogP contribution is 2.37. The molecule has 4 N–H and O–H groups in total. The van der Waals surface area contributed by atoms with Crippen molar-refractivity contribution in [1.29, 1.82) is 0 Å². The van der Waals surface area contributed by atoms with Crippen LogP contribution < -0.4 is 16.6 Å². The molecule has 0 aliphatic carbocycles. The van der Waals surface area contributed by atoms with E-state index < -0.39 is 10.8 Å². The third-order valence-corrected chi connectivity index (χ3v) is 5.07. The Hall–Kier alpha value is -1.80. The molecule has 0 bridgehead atoms. The molecule has 1 aliphatic heterocycles. The van der Waals surface area contributed by atoms with Gasteiger partial charge in [-0.25, -0.2) is 0 Å². The lowest BCUT2D eigenvalue weighted by Gasteiger charge is -2.22. The molecule has 114 valence electrons. The number of nitro groups is 1. The average molecular weight is 310 g/mol. The minimum absolute atomic E-state index is 0.00810. The van der Waals surface area contributed by atoms with E-state index in [2.05, 4.69) is 17.7 Å². The smallest absolute Gasteiger partial charge is 0.282 e. The van der Waals surface area contributed by atoms with Crippen molar-refractivity contribution in [1.82, 2.24) is 5.32 Å². The SMILES string of the molecule is CC1(CNC(=O)c2cc(NN)ccc2[N+](=O)[O-])CCCS1. The fourth-order valence-corrected chi connectivity index (χ4v) is 3.55. The molecule has 1 aromatic carbocycles. The van der Waals surface area contributed by atoms with Crippen LogP contribution in [0.4, 0.5) is 11.4 Å². The molecule has 0 aromatic heterocycles. The van der Waals surface area contributed by atoms with Gasteiger partial charge < -0.3 is 10.7 Å². The van der Waals surface area contributed by atoms with Crippen LogP contribution in [0, 0.1) is 10.1 Å². The number of hydrazine groups is 1. The normalized spacial score (nSPS) is 21.0. The van der Waals surface area contributed by atoms with Gasteiger partial charge in [0.25, 0.3) is 11.6 Å². The maximum atomic E-state index is 12.2. The van der Waals surface area contributed by atoms with Crippen LogP contribution in [-0.2, 0) is 0 Å². The number of thioether (sulfide) groups is 1. The first-order chi connectivity index (χ1) is 9.95. The summed E-state index contributed by atoms with van der Waals surface area (Å²) in [5.41, 5.74) is 2.63. The lowest BCUT2D eigenvalue weighted by Crippen LogP contribution is -2.37. The lowest BCUT2D eigenvalue weighted by atomic mass is 10.1. The van der Waals surface area contributed by atoms with Crippen LogP contribution in [0.3, 0.4) is 0 Å². The van der Waals surface area contributed by atoms with Crippen LogP contribution in [0.1, 0.15) is 30.1 Å². The van der Waals surface area contributed by atoms with Crippen LogP contribution in [0.5, 0.6) is 0 Å². The third-order valence-electron chi connectivity index (χ3n) is 3.53. The first-order valence-electron chi connectivity index (χ1n) is 6.62. The first-order valence-corrected chi connectivity index (χ1v) is 7.61. The number of hydrogen-bond donors (Lipinski definition) is 3. The molecule has 1 aliphatic rings. The summed E-state index contributed by atoms with van der Waals surface area (Å²) >= 11 is 1.82. The zero-order valence-electron chi connectivity index (χ0n) is 11.7. The van der Waals surface area contributed by atoms with Crippen molar-refractivity contribution in [2.75, 3.05) is 17.7 Å². The van der Waals surface area contributed by atoms with Crippen molar-refractivity contribution in [2.24, 2.45) is 5.84 Å². The van der Waals surface area contributed by atoms with Crippen molar-refractivity contribution in [3.8, 4) is 0 Å². The lowest BCUT2D eigenvalue weighted by molar-refractivity contribution is -0.385. The summed E-state index contributed by atoms with van der Waals surface area (Å²) in [5, 5.41) is 13.8. The van der Waals surface area contributed by atoms with Gasteiger partial charge in [-0.1, -0.05) is 0 Å². The molecular weight excluding hydrogens is 292 g/mol.